The van der Waals surface area contributed by atoms with Crippen LogP contribution in [-0.2, 0) is 10.1 Å². The summed E-state index contributed by atoms with van der Waals surface area (Å²) in [5.41, 5.74) is 3.83. The SMILES string of the molecule is N#Cc1c(O)[nH]c(=O)c(N=Nc2ccc(S(=O)(=O)O)cc2)c1N. The number of hydrogen-bond donors (Lipinski definition) is 4. The Morgan fingerprint density at radius 2 is 1.83 bits per heavy atom. The van der Waals surface area contributed by atoms with Gasteiger partial charge in [-0.05, 0) is 24.3 Å². The summed E-state index contributed by atoms with van der Waals surface area (Å²) in [5.74, 6) is -0.675. The molecule has 0 radical (unpaired) electrons. The number of nitrogen functional groups attached to an aromatic ring is 1. The Kier molecular flexibility index (Phi) is 4.12. The lowest BCUT2D eigenvalue weighted by atomic mass is 10.2. The second kappa shape index (κ2) is 5.87. The second-order valence-corrected chi connectivity index (χ2v) is 5.64. The fourth-order valence-corrected chi connectivity index (χ4v) is 2.08. The van der Waals surface area contributed by atoms with E-state index in [-0.39, 0.29) is 27.5 Å². The standard InChI is InChI=1S/C12H9N5O5S/c13-5-8-9(14)10(12(19)15-11(8)18)17-16-6-1-3-7(4-2-6)23(20,21)22/h1-4H,(H,20,21,22)(H4,14,15,18,19). The van der Waals surface area contributed by atoms with Crippen molar-refractivity contribution in [2.75, 3.05) is 5.73 Å². The maximum atomic E-state index is 11.7. The molecule has 0 aliphatic heterocycles. The number of nitrogens with two attached hydrogens (primary N) is 1. The van der Waals surface area contributed by atoms with E-state index in [2.05, 4.69) is 10.2 Å². The number of pyridine rings is 1. The van der Waals surface area contributed by atoms with Gasteiger partial charge in [0.25, 0.3) is 15.7 Å². The average molecular weight is 335 g/mol. The van der Waals surface area contributed by atoms with Crippen LogP contribution >= 0.6 is 0 Å². The Balaban J connectivity index is 2.42. The lowest BCUT2D eigenvalue weighted by Gasteiger charge is -2.02. The van der Waals surface area contributed by atoms with E-state index in [4.69, 9.17) is 15.5 Å². The number of nitrogens with one attached hydrogen (secondary N) is 1. The van der Waals surface area contributed by atoms with E-state index >= 15 is 0 Å². The number of rotatable bonds is 3. The Hall–Kier alpha value is -3.23. The molecule has 11 heteroatoms. The van der Waals surface area contributed by atoms with Gasteiger partial charge < -0.3 is 10.8 Å². The first kappa shape index (κ1) is 16.1. The van der Waals surface area contributed by atoms with E-state index in [1.54, 1.807) is 6.07 Å². The molecule has 0 aliphatic rings. The summed E-state index contributed by atoms with van der Waals surface area (Å²) >= 11 is 0. The molecular formula is C12H9N5O5S. The van der Waals surface area contributed by atoms with Crippen molar-refractivity contribution in [2.45, 2.75) is 4.90 Å². The fourth-order valence-electron chi connectivity index (χ4n) is 1.60. The van der Waals surface area contributed by atoms with E-state index in [0.717, 1.165) is 12.1 Å². The monoisotopic (exact) mass is 335 g/mol. The van der Waals surface area contributed by atoms with E-state index in [1.165, 1.54) is 12.1 Å². The van der Waals surface area contributed by atoms with Crippen molar-refractivity contribution in [3.63, 3.8) is 0 Å². The maximum Gasteiger partial charge on any atom is 0.294 e. The van der Waals surface area contributed by atoms with Crippen LogP contribution in [0.25, 0.3) is 0 Å². The Bertz CT molecular complexity index is 986. The molecule has 1 heterocycles. The van der Waals surface area contributed by atoms with Crippen LogP contribution in [0.2, 0.25) is 0 Å². The zero-order valence-corrected chi connectivity index (χ0v) is 12.1. The Labute approximate surface area is 129 Å². The minimum absolute atomic E-state index is 0.169. The molecule has 2 rings (SSSR count). The van der Waals surface area contributed by atoms with Crippen LogP contribution in [-0.4, -0.2) is 23.1 Å². The predicted molar refractivity (Wildman–Crippen MR) is 78.3 cm³/mol. The van der Waals surface area contributed by atoms with E-state index in [9.17, 15) is 18.3 Å². The van der Waals surface area contributed by atoms with Crippen LogP contribution in [0.1, 0.15) is 5.56 Å². The molecule has 0 atom stereocenters. The van der Waals surface area contributed by atoms with Crippen molar-refractivity contribution in [1.82, 2.24) is 4.98 Å². The summed E-state index contributed by atoms with van der Waals surface area (Å²) in [6, 6.07) is 6.27. The number of aromatic hydroxyl groups is 1. The van der Waals surface area contributed by atoms with Crippen LogP contribution in [0.4, 0.5) is 17.1 Å². The molecule has 0 fully saturated rings. The first-order valence-electron chi connectivity index (χ1n) is 5.88. The number of benzene rings is 1. The number of nitrogens with zero attached hydrogens (tertiary/aromatic N) is 3. The van der Waals surface area contributed by atoms with E-state index < -0.39 is 21.6 Å². The van der Waals surface area contributed by atoms with Crippen molar-refractivity contribution in [3.8, 4) is 11.9 Å². The van der Waals surface area contributed by atoms with Gasteiger partial charge in [0.05, 0.1) is 16.3 Å². The third-order valence-electron chi connectivity index (χ3n) is 2.72. The van der Waals surface area contributed by atoms with Crippen molar-refractivity contribution in [3.05, 3.63) is 40.2 Å². The highest BCUT2D eigenvalue weighted by atomic mass is 32.2. The molecule has 118 valence electrons. The minimum Gasteiger partial charge on any atom is -0.494 e. The maximum absolute atomic E-state index is 11.7. The smallest absolute Gasteiger partial charge is 0.294 e. The van der Waals surface area contributed by atoms with Crippen LogP contribution in [0.15, 0.2) is 44.2 Å². The van der Waals surface area contributed by atoms with Gasteiger partial charge in [-0.15, -0.1) is 5.11 Å². The Morgan fingerprint density at radius 1 is 1.22 bits per heavy atom. The van der Waals surface area contributed by atoms with Crippen molar-refractivity contribution in [1.29, 1.82) is 5.26 Å². The summed E-state index contributed by atoms with van der Waals surface area (Å²) < 4.78 is 30.6. The summed E-state index contributed by atoms with van der Waals surface area (Å²) in [5, 5.41) is 25.5. The van der Waals surface area contributed by atoms with Gasteiger partial charge in [-0.1, -0.05) is 0 Å². The van der Waals surface area contributed by atoms with Crippen molar-refractivity contribution < 1.29 is 18.1 Å². The molecule has 0 spiro atoms. The largest absolute Gasteiger partial charge is 0.494 e. The lowest BCUT2D eigenvalue weighted by Crippen LogP contribution is -2.09. The van der Waals surface area contributed by atoms with Crippen LogP contribution in [0.3, 0.4) is 0 Å². The highest BCUT2D eigenvalue weighted by Gasteiger charge is 2.14. The number of nitriles is 1. The highest BCUT2D eigenvalue weighted by Crippen LogP contribution is 2.27. The Morgan fingerprint density at radius 3 is 2.35 bits per heavy atom. The first-order chi connectivity index (χ1) is 10.7. The van der Waals surface area contributed by atoms with E-state index in [0.29, 0.717) is 0 Å². The zero-order chi connectivity index (χ0) is 17.2. The molecule has 0 saturated carbocycles. The predicted octanol–water partition coefficient (Wildman–Crippen LogP) is 1.20. The summed E-state index contributed by atoms with van der Waals surface area (Å²) in [6.45, 7) is 0. The number of hydrogen-bond acceptors (Lipinski definition) is 8. The second-order valence-electron chi connectivity index (χ2n) is 4.22. The first-order valence-corrected chi connectivity index (χ1v) is 7.32. The van der Waals surface area contributed by atoms with Crippen molar-refractivity contribution in [2.24, 2.45) is 10.2 Å². The van der Waals surface area contributed by atoms with Gasteiger partial charge in [-0.2, -0.15) is 18.8 Å². The average Bonchev–Trinajstić information content (AvgIpc) is 2.46. The molecule has 0 bridgehead atoms. The summed E-state index contributed by atoms with van der Waals surface area (Å²) in [4.78, 5) is 13.3. The van der Waals surface area contributed by atoms with E-state index in [1.807, 2.05) is 4.98 Å². The molecule has 10 nitrogen and oxygen atoms in total. The lowest BCUT2D eigenvalue weighted by molar-refractivity contribution is 0.450. The topological polar surface area (TPSA) is 182 Å². The normalized spacial score (nSPS) is 11.5. The van der Waals surface area contributed by atoms with Gasteiger partial charge in [-0.3, -0.25) is 14.3 Å². The van der Waals surface area contributed by atoms with Crippen LogP contribution < -0.4 is 11.3 Å². The highest BCUT2D eigenvalue weighted by molar-refractivity contribution is 7.85. The fraction of sp³-hybridized carbons (Fsp3) is 0. The van der Waals surface area contributed by atoms with Gasteiger partial charge in [-0.25, -0.2) is 0 Å². The van der Waals surface area contributed by atoms with Crippen molar-refractivity contribution >= 4 is 27.2 Å². The third kappa shape index (κ3) is 3.34. The third-order valence-corrected chi connectivity index (χ3v) is 3.59. The van der Waals surface area contributed by atoms with Gasteiger partial charge in [0.1, 0.15) is 11.6 Å². The quantitative estimate of drug-likeness (QED) is 0.479. The molecule has 5 N–H and O–H groups in total. The van der Waals surface area contributed by atoms with Gasteiger partial charge in [0.2, 0.25) is 5.88 Å². The van der Waals surface area contributed by atoms with Gasteiger partial charge in [0.15, 0.2) is 5.69 Å². The number of H-pyrrole nitrogens is 1. The minimum atomic E-state index is -4.33. The number of azo groups is 1. The zero-order valence-electron chi connectivity index (χ0n) is 11.3. The van der Waals surface area contributed by atoms with Gasteiger partial charge in [0, 0.05) is 0 Å². The molecule has 0 unspecified atom stereocenters. The number of aromatic amines is 1. The molecule has 0 saturated heterocycles. The molecule has 1 aromatic heterocycles. The van der Waals surface area contributed by atoms with Crippen LogP contribution in [0, 0.1) is 11.3 Å². The molecule has 1 aromatic carbocycles. The summed E-state index contributed by atoms with van der Waals surface area (Å²) in [6.07, 6.45) is 0. The summed E-state index contributed by atoms with van der Waals surface area (Å²) in [7, 11) is -4.33. The number of anilines is 1. The van der Waals surface area contributed by atoms with Gasteiger partial charge >= 0.3 is 0 Å². The molecule has 0 amide bonds. The molecule has 23 heavy (non-hydrogen) atoms. The van der Waals surface area contributed by atoms with Crippen LogP contribution in [0.5, 0.6) is 5.88 Å². The molecule has 2 aromatic rings. The number of aromatic nitrogens is 1. The molecular weight excluding hydrogens is 326 g/mol. The molecule has 0 aliphatic carbocycles.